The number of rotatable bonds is 6. The number of allylic oxidation sites excluding steroid dienone is 1. The molecule has 0 saturated heterocycles. The van der Waals surface area contributed by atoms with Gasteiger partial charge in [0.1, 0.15) is 6.61 Å². The smallest absolute Gasteiger partial charge is 0.213 e. The van der Waals surface area contributed by atoms with Crippen LogP contribution in [-0.2, 0) is 6.54 Å². The quantitative estimate of drug-likeness (QED) is 0.792. The van der Waals surface area contributed by atoms with Gasteiger partial charge in [-0.1, -0.05) is 37.6 Å². The summed E-state index contributed by atoms with van der Waals surface area (Å²) in [5, 5.41) is 3.94. The van der Waals surface area contributed by atoms with Crippen molar-refractivity contribution in [2.24, 2.45) is 0 Å². The Morgan fingerprint density at radius 2 is 2.24 bits per heavy atom. The lowest BCUT2D eigenvalue weighted by atomic mass is 10.3. The molecule has 3 nitrogen and oxygen atoms in total. The fourth-order valence-corrected chi connectivity index (χ4v) is 1.37. The first-order chi connectivity index (χ1) is 8.13. The maximum atomic E-state index is 6.07. The summed E-state index contributed by atoms with van der Waals surface area (Å²) in [4.78, 5) is 4.37. The van der Waals surface area contributed by atoms with Gasteiger partial charge in [0.05, 0.1) is 10.7 Å². The Morgan fingerprint density at radius 1 is 1.47 bits per heavy atom. The van der Waals surface area contributed by atoms with Crippen molar-refractivity contribution in [3.8, 4) is 5.88 Å². The summed E-state index contributed by atoms with van der Waals surface area (Å²) < 4.78 is 5.46. The summed E-state index contributed by atoms with van der Waals surface area (Å²) in [6.07, 6.45) is 3.87. The van der Waals surface area contributed by atoms with Gasteiger partial charge in [-0.2, -0.15) is 0 Å². The van der Waals surface area contributed by atoms with Crippen LogP contribution in [0.15, 0.2) is 24.3 Å². The molecule has 1 aromatic heterocycles. The predicted molar refractivity (Wildman–Crippen MR) is 71.5 cm³/mol. The van der Waals surface area contributed by atoms with E-state index < -0.39 is 0 Å². The van der Waals surface area contributed by atoms with Crippen LogP contribution in [-0.4, -0.2) is 17.6 Å². The predicted octanol–water partition coefficient (Wildman–Crippen LogP) is 3.19. The third-order valence-electron chi connectivity index (χ3n) is 2.13. The molecule has 1 N–H and O–H groups in total. The van der Waals surface area contributed by atoms with Crippen molar-refractivity contribution < 1.29 is 4.74 Å². The van der Waals surface area contributed by atoms with E-state index in [4.69, 9.17) is 16.3 Å². The highest BCUT2D eigenvalue weighted by atomic mass is 35.5. The van der Waals surface area contributed by atoms with Crippen molar-refractivity contribution in [3.63, 3.8) is 0 Å². The molecule has 0 atom stereocenters. The van der Waals surface area contributed by atoms with Gasteiger partial charge in [-0.15, -0.1) is 0 Å². The van der Waals surface area contributed by atoms with E-state index in [1.165, 1.54) is 0 Å². The molecule has 1 rings (SSSR count). The Kier molecular flexibility index (Phi) is 6.01. The normalized spacial score (nSPS) is 11.4. The van der Waals surface area contributed by atoms with Gasteiger partial charge in [0, 0.05) is 18.7 Å². The molecule has 0 amide bonds. The second kappa shape index (κ2) is 7.30. The lowest BCUT2D eigenvalue weighted by Gasteiger charge is -2.10. The summed E-state index contributed by atoms with van der Waals surface area (Å²) in [7, 11) is 0. The maximum absolute atomic E-state index is 6.07. The molecule has 0 aliphatic carbocycles. The average molecular weight is 255 g/mol. The molecule has 0 unspecified atom stereocenters. The van der Waals surface area contributed by atoms with E-state index in [9.17, 15) is 0 Å². The third kappa shape index (κ3) is 5.20. The fourth-order valence-electron chi connectivity index (χ4n) is 1.20. The minimum atomic E-state index is 0.403. The molecule has 94 valence electrons. The van der Waals surface area contributed by atoms with E-state index in [1.807, 2.05) is 25.1 Å². The van der Waals surface area contributed by atoms with Crippen LogP contribution in [0.2, 0.25) is 5.02 Å². The number of pyridine rings is 1. The largest absolute Gasteiger partial charge is 0.473 e. The number of nitrogens with one attached hydrogen (secondary N) is 1. The Hall–Kier alpha value is -1.06. The van der Waals surface area contributed by atoms with E-state index in [2.05, 4.69) is 24.1 Å². The van der Waals surface area contributed by atoms with Gasteiger partial charge >= 0.3 is 0 Å². The maximum Gasteiger partial charge on any atom is 0.213 e. The summed E-state index contributed by atoms with van der Waals surface area (Å²) in [5.74, 6) is 0.605. The fraction of sp³-hybridized carbons (Fsp3) is 0.462. The molecule has 0 bridgehead atoms. The first-order valence-corrected chi connectivity index (χ1v) is 6.14. The third-order valence-corrected chi connectivity index (χ3v) is 2.48. The Balaban J connectivity index is 2.65. The van der Waals surface area contributed by atoms with Gasteiger partial charge in [-0.05, 0) is 13.0 Å². The van der Waals surface area contributed by atoms with Crippen LogP contribution in [0.5, 0.6) is 5.88 Å². The molecule has 0 spiro atoms. The van der Waals surface area contributed by atoms with Crippen molar-refractivity contribution >= 4 is 11.6 Å². The number of aromatic nitrogens is 1. The number of hydrogen-bond donors (Lipinski definition) is 1. The second-order valence-electron chi connectivity index (χ2n) is 3.99. The first kappa shape index (κ1) is 14.0. The Labute approximate surface area is 108 Å². The van der Waals surface area contributed by atoms with Crippen LogP contribution >= 0.6 is 11.6 Å². The standard InChI is InChI=1S/C13H19ClN2O/c1-4-5-8-17-13-7-6-11(14)12(16-13)9-15-10(2)3/h4-7,10,15H,8-9H2,1-3H3. The molecule has 0 saturated carbocycles. The molecule has 1 aromatic rings. The number of ether oxygens (including phenoxy) is 1. The van der Waals surface area contributed by atoms with E-state index in [0.29, 0.717) is 30.1 Å². The second-order valence-corrected chi connectivity index (χ2v) is 4.40. The zero-order valence-corrected chi connectivity index (χ0v) is 11.3. The van der Waals surface area contributed by atoms with Crippen molar-refractivity contribution in [1.82, 2.24) is 10.3 Å². The monoisotopic (exact) mass is 254 g/mol. The van der Waals surface area contributed by atoms with E-state index in [1.54, 1.807) is 6.07 Å². The minimum Gasteiger partial charge on any atom is -0.473 e. The summed E-state index contributed by atoms with van der Waals surface area (Å²) in [6, 6.07) is 4.00. The van der Waals surface area contributed by atoms with Gasteiger partial charge in [0.25, 0.3) is 0 Å². The SMILES string of the molecule is CC=CCOc1ccc(Cl)c(CNC(C)C)n1. The highest BCUT2D eigenvalue weighted by molar-refractivity contribution is 6.31. The summed E-state index contributed by atoms with van der Waals surface area (Å²) >= 11 is 6.07. The Bertz CT molecular complexity index is 378. The number of halogens is 1. The molecule has 0 radical (unpaired) electrons. The minimum absolute atomic E-state index is 0.403. The van der Waals surface area contributed by atoms with Gasteiger partial charge in [0.2, 0.25) is 5.88 Å². The van der Waals surface area contributed by atoms with Crippen LogP contribution < -0.4 is 10.1 Å². The molecule has 17 heavy (non-hydrogen) atoms. The summed E-state index contributed by atoms with van der Waals surface area (Å²) in [6.45, 7) is 7.30. The van der Waals surface area contributed by atoms with Crippen molar-refractivity contribution in [3.05, 3.63) is 35.0 Å². The number of nitrogens with zero attached hydrogens (tertiary/aromatic N) is 1. The van der Waals surface area contributed by atoms with Crippen LogP contribution in [0, 0.1) is 0 Å². The van der Waals surface area contributed by atoms with Gasteiger partial charge in [0.15, 0.2) is 0 Å². The molecule has 1 heterocycles. The first-order valence-electron chi connectivity index (χ1n) is 5.76. The van der Waals surface area contributed by atoms with Crippen LogP contribution in [0.3, 0.4) is 0 Å². The van der Waals surface area contributed by atoms with Crippen molar-refractivity contribution in [2.75, 3.05) is 6.61 Å². The lowest BCUT2D eigenvalue weighted by molar-refractivity contribution is 0.346. The topological polar surface area (TPSA) is 34.1 Å². The zero-order valence-electron chi connectivity index (χ0n) is 10.5. The van der Waals surface area contributed by atoms with Crippen molar-refractivity contribution in [2.45, 2.75) is 33.4 Å². The lowest BCUT2D eigenvalue weighted by Crippen LogP contribution is -2.22. The molecular weight excluding hydrogens is 236 g/mol. The van der Waals surface area contributed by atoms with E-state index >= 15 is 0 Å². The number of hydrogen-bond acceptors (Lipinski definition) is 3. The van der Waals surface area contributed by atoms with Crippen LogP contribution in [0.25, 0.3) is 0 Å². The van der Waals surface area contributed by atoms with E-state index in [-0.39, 0.29) is 0 Å². The molecule has 0 fully saturated rings. The molecule has 0 aliphatic heterocycles. The van der Waals surface area contributed by atoms with E-state index in [0.717, 1.165) is 5.69 Å². The average Bonchev–Trinajstić information content (AvgIpc) is 2.29. The van der Waals surface area contributed by atoms with Crippen LogP contribution in [0.4, 0.5) is 0 Å². The molecule has 0 aromatic carbocycles. The molecule has 0 aliphatic rings. The van der Waals surface area contributed by atoms with Gasteiger partial charge in [-0.25, -0.2) is 4.98 Å². The van der Waals surface area contributed by atoms with Gasteiger partial charge in [-0.3, -0.25) is 0 Å². The zero-order chi connectivity index (χ0) is 12.7. The molecule has 4 heteroatoms. The highest BCUT2D eigenvalue weighted by Crippen LogP contribution is 2.18. The highest BCUT2D eigenvalue weighted by Gasteiger charge is 2.05. The molecular formula is C13H19ClN2O. The van der Waals surface area contributed by atoms with Crippen molar-refractivity contribution in [1.29, 1.82) is 0 Å². The Morgan fingerprint density at radius 3 is 2.88 bits per heavy atom. The van der Waals surface area contributed by atoms with Crippen LogP contribution in [0.1, 0.15) is 26.5 Å². The van der Waals surface area contributed by atoms with Gasteiger partial charge < -0.3 is 10.1 Å². The summed E-state index contributed by atoms with van der Waals surface area (Å²) in [5.41, 5.74) is 0.818.